The van der Waals surface area contributed by atoms with Crippen LogP contribution in [0, 0.1) is 0 Å². The quantitative estimate of drug-likeness (QED) is 0.176. The molecule has 10 rings (SSSR count). The summed E-state index contributed by atoms with van der Waals surface area (Å²) in [5.74, 6) is 0. The molecule has 0 unspecified atom stereocenters. The lowest BCUT2D eigenvalue weighted by Gasteiger charge is -2.26. The van der Waals surface area contributed by atoms with Crippen LogP contribution in [0.5, 0.6) is 0 Å². The third kappa shape index (κ3) is 5.21. The number of para-hydroxylation sites is 1. The Kier molecular flexibility index (Phi) is 7.18. The van der Waals surface area contributed by atoms with E-state index in [1.54, 1.807) is 0 Å². The van der Waals surface area contributed by atoms with Crippen molar-refractivity contribution in [2.75, 3.05) is 4.90 Å². The number of fused-ring (bicyclic) bond motifs is 6. The Labute approximate surface area is 302 Å². The molecule has 52 heavy (non-hydrogen) atoms. The van der Waals surface area contributed by atoms with Crippen LogP contribution in [0.25, 0.3) is 76.9 Å². The molecule has 0 spiro atoms. The minimum Gasteiger partial charge on any atom is -0.456 e. The number of benzene rings is 9. The summed E-state index contributed by atoms with van der Waals surface area (Å²) in [6.07, 6.45) is 0. The van der Waals surface area contributed by atoms with Crippen LogP contribution < -0.4 is 4.90 Å². The van der Waals surface area contributed by atoms with Crippen LogP contribution in [-0.4, -0.2) is 0 Å². The maximum absolute atomic E-state index is 6.21. The Morgan fingerprint density at radius 1 is 0.308 bits per heavy atom. The molecule has 0 fully saturated rings. The maximum Gasteiger partial charge on any atom is 0.136 e. The molecule has 0 bridgehead atoms. The van der Waals surface area contributed by atoms with Gasteiger partial charge in [0.15, 0.2) is 0 Å². The van der Waals surface area contributed by atoms with Crippen molar-refractivity contribution >= 4 is 60.5 Å². The van der Waals surface area contributed by atoms with Gasteiger partial charge in [0, 0.05) is 27.8 Å². The molecular weight excluding hydrogens is 631 g/mol. The topological polar surface area (TPSA) is 16.4 Å². The molecule has 0 amide bonds. The Hall–Kier alpha value is -6.90. The molecule has 0 atom stereocenters. The predicted molar refractivity (Wildman–Crippen MR) is 220 cm³/mol. The van der Waals surface area contributed by atoms with Crippen molar-refractivity contribution in [2.24, 2.45) is 0 Å². The Morgan fingerprint density at radius 3 is 1.71 bits per heavy atom. The van der Waals surface area contributed by atoms with Crippen LogP contribution in [-0.2, 0) is 0 Å². The highest BCUT2D eigenvalue weighted by molar-refractivity contribution is 6.19. The minimum atomic E-state index is 0.918. The zero-order valence-electron chi connectivity index (χ0n) is 28.4. The number of nitrogens with zero attached hydrogens (tertiary/aromatic N) is 1. The van der Waals surface area contributed by atoms with E-state index in [1.165, 1.54) is 60.3 Å². The normalized spacial score (nSPS) is 11.5. The third-order valence-electron chi connectivity index (χ3n) is 10.3. The van der Waals surface area contributed by atoms with E-state index < -0.39 is 0 Å². The Morgan fingerprint density at radius 2 is 0.885 bits per heavy atom. The van der Waals surface area contributed by atoms with E-state index in [1.807, 2.05) is 12.1 Å². The van der Waals surface area contributed by atoms with E-state index in [2.05, 4.69) is 193 Å². The fourth-order valence-corrected chi connectivity index (χ4v) is 7.70. The number of rotatable bonds is 6. The minimum absolute atomic E-state index is 0.918. The summed E-state index contributed by atoms with van der Waals surface area (Å²) in [5.41, 5.74) is 12.3. The van der Waals surface area contributed by atoms with Crippen molar-refractivity contribution in [3.63, 3.8) is 0 Å². The second-order valence-electron chi connectivity index (χ2n) is 13.3. The number of hydrogen-bond donors (Lipinski definition) is 0. The van der Waals surface area contributed by atoms with Crippen molar-refractivity contribution < 1.29 is 4.42 Å². The molecule has 244 valence electrons. The first-order chi connectivity index (χ1) is 25.8. The zero-order valence-corrected chi connectivity index (χ0v) is 28.4. The largest absolute Gasteiger partial charge is 0.456 e. The summed E-state index contributed by atoms with van der Waals surface area (Å²) >= 11 is 0. The van der Waals surface area contributed by atoms with Crippen LogP contribution in [0.1, 0.15) is 0 Å². The summed E-state index contributed by atoms with van der Waals surface area (Å²) in [7, 11) is 0. The number of hydrogen-bond acceptors (Lipinski definition) is 2. The molecule has 2 heteroatoms. The molecule has 1 heterocycles. The van der Waals surface area contributed by atoms with Gasteiger partial charge >= 0.3 is 0 Å². The highest BCUT2D eigenvalue weighted by Gasteiger charge is 2.16. The van der Waals surface area contributed by atoms with E-state index in [-0.39, 0.29) is 0 Å². The van der Waals surface area contributed by atoms with Crippen LogP contribution in [0.3, 0.4) is 0 Å². The van der Waals surface area contributed by atoms with Gasteiger partial charge in [0.1, 0.15) is 11.2 Å². The molecular formula is C50H33NO. The first-order valence-corrected chi connectivity index (χ1v) is 17.8. The van der Waals surface area contributed by atoms with Crippen LogP contribution in [0.4, 0.5) is 17.1 Å². The van der Waals surface area contributed by atoms with Crippen molar-refractivity contribution in [1.82, 2.24) is 0 Å². The average molecular weight is 664 g/mol. The predicted octanol–water partition coefficient (Wildman–Crippen LogP) is 14.4. The van der Waals surface area contributed by atoms with Crippen molar-refractivity contribution in [3.05, 3.63) is 200 Å². The molecule has 2 nitrogen and oxygen atoms in total. The van der Waals surface area contributed by atoms with E-state index in [9.17, 15) is 0 Å². The highest BCUT2D eigenvalue weighted by Crippen LogP contribution is 2.40. The molecule has 0 aliphatic heterocycles. The Balaban J connectivity index is 1.07. The van der Waals surface area contributed by atoms with Gasteiger partial charge in [-0.1, -0.05) is 146 Å². The fourth-order valence-electron chi connectivity index (χ4n) is 7.70. The summed E-state index contributed by atoms with van der Waals surface area (Å²) < 4.78 is 6.21. The van der Waals surface area contributed by atoms with Crippen LogP contribution >= 0.6 is 0 Å². The molecule has 0 N–H and O–H groups in total. The van der Waals surface area contributed by atoms with Gasteiger partial charge in [-0.3, -0.25) is 0 Å². The molecule has 0 saturated carbocycles. The summed E-state index contributed by atoms with van der Waals surface area (Å²) in [6, 6.07) is 71.7. The molecule has 0 radical (unpaired) electrons. The molecule has 9 aromatic carbocycles. The van der Waals surface area contributed by atoms with Gasteiger partial charge in [0.05, 0.1) is 0 Å². The van der Waals surface area contributed by atoms with Gasteiger partial charge in [0.25, 0.3) is 0 Å². The fraction of sp³-hybridized carbons (Fsp3) is 0. The summed E-state index contributed by atoms with van der Waals surface area (Å²) in [5, 5.41) is 7.23. The number of anilines is 3. The summed E-state index contributed by atoms with van der Waals surface area (Å²) in [6.45, 7) is 0. The zero-order chi connectivity index (χ0) is 34.4. The molecule has 0 aliphatic rings. The lowest BCUT2D eigenvalue weighted by molar-refractivity contribution is 0.669. The van der Waals surface area contributed by atoms with Crippen LogP contribution in [0.2, 0.25) is 0 Å². The van der Waals surface area contributed by atoms with E-state index in [0.29, 0.717) is 0 Å². The lowest BCUT2D eigenvalue weighted by Crippen LogP contribution is -2.10. The molecule has 10 aromatic rings. The first-order valence-electron chi connectivity index (χ1n) is 17.8. The van der Waals surface area contributed by atoms with Crippen LogP contribution in [0.15, 0.2) is 205 Å². The van der Waals surface area contributed by atoms with Crippen molar-refractivity contribution in [1.29, 1.82) is 0 Å². The van der Waals surface area contributed by atoms with Gasteiger partial charge in [-0.25, -0.2) is 0 Å². The number of furan rings is 1. The van der Waals surface area contributed by atoms with Gasteiger partial charge in [0.2, 0.25) is 0 Å². The second-order valence-corrected chi connectivity index (χ2v) is 13.3. The second kappa shape index (κ2) is 12.5. The maximum atomic E-state index is 6.21. The summed E-state index contributed by atoms with van der Waals surface area (Å²) in [4.78, 5) is 2.35. The van der Waals surface area contributed by atoms with E-state index >= 15 is 0 Å². The molecule has 0 aliphatic carbocycles. The molecule has 0 saturated heterocycles. The SMILES string of the molecule is c1ccc(-c2cccc(N(c3ccc(-c4ccc5ccc6oc7ccccc7c6c5c4)cc3)c3ccc(-c4cccc5ccccc45)cc3)c2)cc1. The molecule has 1 aromatic heterocycles. The average Bonchev–Trinajstić information content (AvgIpc) is 3.61. The Bertz CT molecular complexity index is 2880. The van der Waals surface area contributed by atoms with Gasteiger partial charge in [-0.05, 0) is 110 Å². The smallest absolute Gasteiger partial charge is 0.136 e. The van der Waals surface area contributed by atoms with Crippen molar-refractivity contribution in [2.45, 2.75) is 0 Å². The van der Waals surface area contributed by atoms with Gasteiger partial charge < -0.3 is 9.32 Å². The standard InChI is InChI=1S/C50H33NO/c1-2-10-34(11-3-1)39-14-8-15-43(32-39)51(42-29-24-37(25-30-42)45-18-9-13-36-12-4-5-16-44(36)45)41-27-22-35(23-28-41)40-21-20-38-26-31-49-50(47(38)33-40)46-17-6-7-19-48(46)52-49/h1-33H. The third-order valence-corrected chi connectivity index (χ3v) is 10.3. The van der Waals surface area contributed by atoms with E-state index in [0.717, 1.165) is 33.6 Å². The lowest BCUT2D eigenvalue weighted by atomic mass is 9.97. The monoisotopic (exact) mass is 663 g/mol. The first kappa shape index (κ1) is 30.0. The highest BCUT2D eigenvalue weighted by atomic mass is 16.3. The van der Waals surface area contributed by atoms with Gasteiger partial charge in [-0.2, -0.15) is 0 Å². The van der Waals surface area contributed by atoms with Crippen molar-refractivity contribution in [3.8, 4) is 33.4 Å². The van der Waals surface area contributed by atoms with Gasteiger partial charge in [-0.15, -0.1) is 0 Å². The van der Waals surface area contributed by atoms with E-state index in [4.69, 9.17) is 4.42 Å².